The standard InChI is InChI=1S/C33H32N3O.C12H9FN.Ir/c1-18(2)23-13-10-14-24(19(3)4)31(23)36-30-20(5)21(6)34-22(7)29(30)35-33(36)27-16-11-15-26-25-12-8-9-17-28(25)37-32(26)27;1-9-2-7-12(14-8-9)10-3-5-11(13)6-4-10;/h8-15,17-19H,1-7H3;2-3,5-8H,1H3;/q2*-1;/i;1D3;. The molecule has 0 unspecified atom stereocenters. The smallest absolute Gasteiger partial charge is 0.120 e. The van der Waals surface area contributed by atoms with Crippen molar-refractivity contribution in [2.24, 2.45) is 0 Å². The van der Waals surface area contributed by atoms with E-state index in [0.717, 1.165) is 61.3 Å². The Morgan fingerprint density at radius 1 is 0.808 bits per heavy atom. The summed E-state index contributed by atoms with van der Waals surface area (Å²) in [7, 11) is 0. The number of furan rings is 1. The summed E-state index contributed by atoms with van der Waals surface area (Å²) in [6, 6.07) is 32.4. The number of pyridine rings is 2. The van der Waals surface area contributed by atoms with Gasteiger partial charge in [-0.2, -0.15) is 0 Å². The summed E-state index contributed by atoms with van der Waals surface area (Å²) in [6.07, 6.45) is 1.31. The number of benzene rings is 4. The average molecular weight is 868 g/mol. The van der Waals surface area contributed by atoms with E-state index in [1.807, 2.05) is 18.2 Å². The van der Waals surface area contributed by atoms with E-state index in [1.165, 1.54) is 41.2 Å². The van der Waals surface area contributed by atoms with Crippen LogP contribution in [0.4, 0.5) is 4.39 Å². The number of nitrogens with zero attached hydrogens (tertiary/aromatic N) is 4. The molecule has 8 aromatic rings. The van der Waals surface area contributed by atoms with E-state index in [-0.39, 0.29) is 31.5 Å². The molecular weight excluding hydrogens is 824 g/mol. The van der Waals surface area contributed by atoms with Crippen LogP contribution in [0, 0.1) is 45.6 Å². The number of aryl methyl sites for hydroxylation is 4. The molecule has 4 aromatic carbocycles. The van der Waals surface area contributed by atoms with Crippen LogP contribution in [-0.4, -0.2) is 19.5 Å². The molecule has 4 aromatic heterocycles. The molecule has 265 valence electrons. The fourth-order valence-corrected chi connectivity index (χ4v) is 6.71. The zero-order chi connectivity index (χ0) is 38.5. The number of hydrogen-bond donors (Lipinski definition) is 0. The molecule has 0 N–H and O–H groups in total. The van der Waals surface area contributed by atoms with Crippen LogP contribution < -0.4 is 0 Å². The molecule has 0 aliphatic heterocycles. The van der Waals surface area contributed by atoms with Crippen molar-refractivity contribution >= 4 is 33.0 Å². The Balaban J connectivity index is 0.000000241. The van der Waals surface area contributed by atoms with E-state index >= 15 is 0 Å². The summed E-state index contributed by atoms with van der Waals surface area (Å²) in [5.74, 6) is 1.16. The Kier molecular flexibility index (Phi) is 9.46. The maximum Gasteiger partial charge on any atom is 0.120 e. The molecule has 4 heterocycles. The molecule has 5 nitrogen and oxygen atoms in total. The van der Waals surface area contributed by atoms with Gasteiger partial charge in [-0.05, 0) is 73.5 Å². The van der Waals surface area contributed by atoms with Gasteiger partial charge in [0.25, 0.3) is 0 Å². The van der Waals surface area contributed by atoms with E-state index in [9.17, 15) is 4.39 Å². The van der Waals surface area contributed by atoms with Crippen molar-refractivity contribution in [1.29, 1.82) is 0 Å². The minimum Gasteiger partial charge on any atom is -0.501 e. The Hall–Kier alpha value is -4.97. The predicted octanol–water partition coefficient (Wildman–Crippen LogP) is 12.0. The molecule has 0 aliphatic carbocycles. The quantitative estimate of drug-likeness (QED) is 0.162. The van der Waals surface area contributed by atoms with E-state index in [4.69, 9.17) is 18.5 Å². The Bertz CT molecular complexity index is 2620. The van der Waals surface area contributed by atoms with E-state index < -0.39 is 6.85 Å². The Morgan fingerprint density at radius 3 is 2.21 bits per heavy atom. The first-order chi connectivity index (χ1) is 25.7. The summed E-state index contributed by atoms with van der Waals surface area (Å²) in [4.78, 5) is 14.2. The molecular formula is C45H41FIrN4O-2. The molecule has 0 atom stereocenters. The molecule has 0 saturated carbocycles. The second kappa shape index (κ2) is 14.9. The van der Waals surface area contributed by atoms with Gasteiger partial charge in [-0.25, -0.2) is 0 Å². The van der Waals surface area contributed by atoms with Crippen molar-refractivity contribution in [2.45, 2.75) is 67.2 Å². The molecule has 0 bridgehead atoms. The molecule has 0 spiro atoms. The third-order valence-electron chi connectivity index (χ3n) is 9.40. The predicted molar refractivity (Wildman–Crippen MR) is 206 cm³/mol. The van der Waals surface area contributed by atoms with Crippen LogP contribution in [0.2, 0.25) is 0 Å². The molecule has 8 rings (SSSR count). The number of rotatable bonds is 5. The largest absolute Gasteiger partial charge is 0.501 e. The van der Waals surface area contributed by atoms with Gasteiger partial charge in [0.1, 0.15) is 5.58 Å². The summed E-state index contributed by atoms with van der Waals surface area (Å²) in [5.41, 5.74) is 12.9. The van der Waals surface area contributed by atoms with E-state index in [0.29, 0.717) is 23.1 Å². The number of imidazole rings is 1. The number of fused-ring (bicyclic) bond motifs is 4. The van der Waals surface area contributed by atoms with Gasteiger partial charge in [0.05, 0.1) is 28.1 Å². The topological polar surface area (TPSA) is 56.7 Å². The van der Waals surface area contributed by atoms with Gasteiger partial charge in [0.2, 0.25) is 0 Å². The van der Waals surface area contributed by atoms with Crippen LogP contribution in [0.25, 0.3) is 61.3 Å². The maximum atomic E-state index is 12.7. The van der Waals surface area contributed by atoms with Crippen molar-refractivity contribution in [3.63, 3.8) is 0 Å². The number of hydrogen-bond acceptors (Lipinski definition) is 4. The normalized spacial score (nSPS) is 12.5. The second-order valence-corrected chi connectivity index (χ2v) is 13.5. The molecule has 0 amide bonds. The fourth-order valence-electron chi connectivity index (χ4n) is 6.71. The third kappa shape index (κ3) is 6.71. The molecule has 0 saturated heterocycles. The average Bonchev–Trinajstić information content (AvgIpc) is 3.74. The Morgan fingerprint density at radius 2 is 1.56 bits per heavy atom. The van der Waals surface area contributed by atoms with Crippen LogP contribution in [0.1, 0.15) is 77.3 Å². The van der Waals surface area contributed by atoms with Crippen molar-refractivity contribution in [1.82, 2.24) is 19.5 Å². The number of aromatic nitrogens is 4. The molecule has 0 fully saturated rings. The monoisotopic (exact) mass is 868 g/mol. The van der Waals surface area contributed by atoms with Crippen LogP contribution in [0.5, 0.6) is 0 Å². The zero-order valence-electron chi connectivity index (χ0n) is 33.2. The second-order valence-electron chi connectivity index (χ2n) is 13.5. The molecule has 7 heteroatoms. The van der Waals surface area contributed by atoms with Gasteiger partial charge >= 0.3 is 0 Å². The SMILES string of the molecule is Cc1nc(C)c2nc(-c3[c-]ccc4c3oc3ccccc34)n(-c3c(C(C)C)cccc3C(C)C)c2c1C.[2H]C([2H])([2H])c1ccc(-c2[c-]cc(F)cc2)nc1.[Ir]. The van der Waals surface area contributed by atoms with Gasteiger partial charge in [0.15, 0.2) is 0 Å². The minimum absolute atomic E-state index is 0. The first kappa shape index (κ1) is 32.9. The Labute approximate surface area is 322 Å². The van der Waals surface area contributed by atoms with Gasteiger partial charge in [0, 0.05) is 53.0 Å². The summed E-state index contributed by atoms with van der Waals surface area (Å²) in [5, 5.41) is 2.18. The van der Waals surface area contributed by atoms with Crippen molar-refractivity contribution < 1.29 is 33.0 Å². The minimum atomic E-state index is -2.15. The van der Waals surface area contributed by atoms with Gasteiger partial charge < -0.3 is 14.0 Å². The van der Waals surface area contributed by atoms with Crippen molar-refractivity contribution in [3.05, 3.63) is 143 Å². The summed E-state index contributed by atoms with van der Waals surface area (Å²) >= 11 is 0. The van der Waals surface area contributed by atoms with Crippen LogP contribution in [0.15, 0.2) is 95.5 Å². The first-order valence-corrected chi connectivity index (χ1v) is 17.2. The fraction of sp³-hybridized carbons (Fsp3) is 0.222. The molecule has 52 heavy (non-hydrogen) atoms. The first-order valence-electron chi connectivity index (χ1n) is 18.7. The van der Waals surface area contributed by atoms with Crippen LogP contribution in [0.3, 0.4) is 0 Å². The van der Waals surface area contributed by atoms with Gasteiger partial charge in [-0.15, -0.1) is 48.0 Å². The van der Waals surface area contributed by atoms with Crippen LogP contribution >= 0.6 is 0 Å². The van der Waals surface area contributed by atoms with Crippen molar-refractivity contribution in [3.8, 4) is 28.3 Å². The van der Waals surface area contributed by atoms with Gasteiger partial charge in [-0.3, -0.25) is 14.4 Å². The van der Waals surface area contributed by atoms with Crippen molar-refractivity contribution in [2.75, 3.05) is 0 Å². The molecule has 1 radical (unpaired) electrons. The van der Waals surface area contributed by atoms with E-state index in [1.54, 1.807) is 12.1 Å². The molecule has 0 aliphatic rings. The van der Waals surface area contributed by atoms with E-state index in [2.05, 4.69) is 107 Å². The van der Waals surface area contributed by atoms with Gasteiger partial charge in [-0.1, -0.05) is 87.2 Å². The maximum absolute atomic E-state index is 12.7. The summed E-state index contributed by atoms with van der Waals surface area (Å²) < 4.78 is 43.2. The summed E-state index contributed by atoms with van der Waals surface area (Å²) in [6.45, 7) is 13.2. The van der Waals surface area contributed by atoms with Crippen LogP contribution in [-0.2, 0) is 20.1 Å². The number of para-hydroxylation sites is 2. The zero-order valence-corrected chi connectivity index (χ0v) is 32.6. The third-order valence-corrected chi connectivity index (χ3v) is 9.40. The number of halogens is 1.